The molecule has 1 aromatic heterocycles. The maximum atomic E-state index is 11.9. The third-order valence-electron chi connectivity index (χ3n) is 2.57. The highest BCUT2D eigenvalue weighted by Crippen LogP contribution is 2.08. The highest BCUT2D eigenvalue weighted by atomic mass is 16.6. The molecule has 0 fully saturated rings. The van der Waals surface area contributed by atoms with Crippen LogP contribution in [0.5, 0.6) is 0 Å². The van der Waals surface area contributed by atoms with Crippen molar-refractivity contribution in [1.29, 1.82) is 0 Å². The standard InChI is InChI=1S/C14H24N4O3/c1-14(2,3)21-13(20)17-7-5-6-16-12(19)11-8-10(15)9-18(11)4/h8-9H,5-7,15H2,1-4H3,(H,16,19)(H,17,20). The van der Waals surface area contributed by atoms with Crippen LogP contribution < -0.4 is 16.4 Å². The van der Waals surface area contributed by atoms with Crippen molar-refractivity contribution in [2.24, 2.45) is 7.05 Å². The number of carbonyl (C=O) groups excluding carboxylic acids is 2. The fourth-order valence-corrected chi connectivity index (χ4v) is 1.70. The lowest BCUT2D eigenvalue weighted by atomic mass is 10.2. The number of nitrogen functional groups attached to an aromatic ring is 1. The number of hydrogen-bond acceptors (Lipinski definition) is 4. The van der Waals surface area contributed by atoms with Gasteiger partial charge in [0.1, 0.15) is 11.3 Å². The molecule has 7 heteroatoms. The number of ether oxygens (including phenoxy) is 1. The van der Waals surface area contributed by atoms with E-state index in [2.05, 4.69) is 10.6 Å². The zero-order chi connectivity index (χ0) is 16.0. The first kappa shape index (κ1) is 16.9. The third kappa shape index (κ3) is 6.20. The molecule has 0 aliphatic heterocycles. The largest absolute Gasteiger partial charge is 0.444 e. The molecule has 21 heavy (non-hydrogen) atoms. The highest BCUT2D eigenvalue weighted by Gasteiger charge is 2.15. The third-order valence-corrected chi connectivity index (χ3v) is 2.57. The number of aromatic nitrogens is 1. The van der Waals surface area contributed by atoms with Crippen molar-refractivity contribution in [3.05, 3.63) is 18.0 Å². The molecule has 0 saturated heterocycles. The second-order valence-corrected chi connectivity index (χ2v) is 5.81. The van der Waals surface area contributed by atoms with Crippen molar-refractivity contribution in [3.8, 4) is 0 Å². The second-order valence-electron chi connectivity index (χ2n) is 5.81. The predicted molar refractivity (Wildman–Crippen MR) is 81.0 cm³/mol. The number of nitrogens with zero attached hydrogens (tertiary/aromatic N) is 1. The van der Waals surface area contributed by atoms with E-state index in [9.17, 15) is 9.59 Å². The van der Waals surface area contributed by atoms with Gasteiger partial charge in [0.25, 0.3) is 5.91 Å². The Kier molecular flexibility index (Phi) is 5.63. The van der Waals surface area contributed by atoms with Crippen LogP contribution in [0.15, 0.2) is 12.3 Å². The molecule has 0 aromatic carbocycles. The second kappa shape index (κ2) is 7.01. The molecule has 4 N–H and O–H groups in total. The van der Waals surface area contributed by atoms with Gasteiger partial charge in [0.2, 0.25) is 0 Å². The fourth-order valence-electron chi connectivity index (χ4n) is 1.70. The van der Waals surface area contributed by atoms with E-state index in [1.807, 2.05) is 0 Å². The van der Waals surface area contributed by atoms with Gasteiger partial charge in [-0.3, -0.25) is 4.79 Å². The van der Waals surface area contributed by atoms with Crippen LogP contribution in [0.4, 0.5) is 10.5 Å². The minimum absolute atomic E-state index is 0.188. The molecule has 1 aromatic rings. The van der Waals surface area contributed by atoms with Gasteiger partial charge in [-0.1, -0.05) is 0 Å². The first-order valence-corrected chi connectivity index (χ1v) is 6.86. The normalized spacial score (nSPS) is 11.0. The number of amides is 2. The number of rotatable bonds is 5. The maximum absolute atomic E-state index is 11.9. The monoisotopic (exact) mass is 296 g/mol. The maximum Gasteiger partial charge on any atom is 0.407 e. The Balaban J connectivity index is 2.21. The number of hydrogen-bond donors (Lipinski definition) is 3. The van der Waals surface area contributed by atoms with Crippen LogP contribution in [0.25, 0.3) is 0 Å². The van der Waals surface area contributed by atoms with Crippen LogP contribution >= 0.6 is 0 Å². The Hall–Kier alpha value is -2.18. The summed E-state index contributed by atoms with van der Waals surface area (Å²) in [5.74, 6) is -0.188. The number of carbonyl (C=O) groups is 2. The zero-order valence-corrected chi connectivity index (χ0v) is 13.0. The van der Waals surface area contributed by atoms with E-state index in [1.54, 1.807) is 44.6 Å². The summed E-state index contributed by atoms with van der Waals surface area (Å²) < 4.78 is 6.77. The van der Waals surface area contributed by atoms with Gasteiger partial charge in [-0.05, 0) is 33.3 Å². The van der Waals surface area contributed by atoms with Crippen LogP contribution in [0, 0.1) is 0 Å². The summed E-state index contributed by atoms with van der Waals surface area (Å²) in [5.41, 5.74) is 6.16. The van der Waals surface area contributed by atoms with Crippen LogP contribution in [0.2, 0.25) is 0 Å². The van der Waals surface area contributed by atoms with E-state index < -0.39 is 11.7 Å². The van der Waals surface area contributed by atoms with E-state index >= 15 is 0 Å². The highest BCUT2D eigenvalue weighted by molar-refractivity contribution is 5.93. The van der Waals surface area contributed by atoms with Crippen molar-refractivity contribution in [1.82, 2.24) is 15.2 Å². The Bertz CT molecular complexity index is 503. The predicted octanol–water partition coefficient (Wildman–Crippen LogP) is 1.25. The summed E-state index contributed by atoms with van der Waals surface area (Å²) in [6.45, 7) is 6.30. The van der Waals surface area contributed by atoms with Crippen molar-refractivity contribution in [2.75, 3.05) is 18.8 Å². The van der Waals surface area contributed by atoms with Crippen molar-refractivity contribution < 1.29 is 14.3 Å². The van der Waals surface area contributed by atoms with E-state index in [0.717, 1.165) is 0 Å². The quantitative estimate of drug-likeness (QED) is 0.712. The van der Waals surface area contributed by atoms with E-state index in [4.69, 9.17) is 10.5 Å². The van der Waals surface area contributed by atoms with Gasteiger partial charge < -0.3 is 25.7 Å². The van der Waals surface area contributed by atoms with Crippen LogP contribution in [-0.4, -0.2) is 35.3 Å². The molecule has 1 heterocycles. The summed E-state index contributed by atoms with van der Waals surface area (Å²) in [6, 6.07) is 1.62. The summed E-state index contributed by atoms with van der Waals surface area (Å²) in [6.07, 6.45) is 1.84. The van der Waals surface area contributed by atoms with Gasteiger partial charge in [-0.2, -0.15) is 0 Å². The topological polar surface area (TPSA) is 98.4 Å². The molecule has 7 nitrogen and oxygen atoms in total. The Morgan fingerprint density at radius 2 is 1.90 bits per heavy atom. The molecule has 0 aliphatic carbocycles. The van der Waals surface area contributed by atoms with E-state index in [-0.39, 0.29) is 5.91 Å². The van der Waals surface area contributed by atoms with Crippen LogP contribution in [-0.2, 0) is 11.8 Å². The van der Waals surface area contributed by atoms with Gasteiger partial charge in [0.15, 0.2) is 0 Å². The lowest BCUT2D eigenvalue weighted by Gasteiger charge is -2.19. The molecule has 0 aliphatic rings. The minimum Gasteiger partial charge on any atom is -0.444 e. The van der Waals surface area contributed by atoms with Gasteiger partial charge in [-0.25, -0.2) is 4.79 Å². The summed E-state index contributed by atoms with van der Waals surface area (Å²) in [7, 11) is 1.76. The average Bonchev–Trinajstić information content (AvgIpc) is 2.65. The van der Waals surface area contributed by atoms with Crippen LogP contribution in [0.3, 0.4) is 0 Å². The number of nitrogens with two attached hydrogens (primary N) is 1. The van der Waals surface area contributed by atoms with Gasteiger partial charge in [0, 0.05) is 26.3 Å². The van der Waals surface area contributed by atoms with Gasteiger partial charge >= 0.3 is 6.09 Å². The lowest BCUT2D eigenvalue weighted by molar-refractivity contribution is 0.0527. The smallest absolute Gasteiger partial charge is 0.407 e. The number of nitrogens with one attached hydrogen (secondary N) is 2. The molecule has 118 valence electrons. The molecule has 0 radical (unpaired) electrons. The molecular weight excluding hydrogens is 272 g/mol. The van der Waals surface area contributed by atoms with Crippen molar-refractivity contribution in [3.63, 3.8) is 0 Å². The minimum atomic E-state index is -0.509. The SMILES string of the molecule is Cn1cc(N)cc1C(=O)NCCCNC(=O)OC(C)(C)C. The number of alkyl carbamates (subject to hydrolysis) is 1. The van der Waals surface area contributed by atoms with Gasteiger partial charge in [-0.15, -0.1) is 0 Å². The molecule has 0 atom stereocenters. The molecule has 0 spiro atoms. The Morgan fingerprint density at radius 1 is 1.29 bits per heavy atom. The Morgan fingerprint density at radius 3 is 2.43 bits per heavy atom. The van der Waals surface area contributed by atoms with Crippen molar-refractivity contribution in [2.45, 2.75) is 32.8 Å². The molecule has 0 bridgehead atoms. The first-order chi connectivity index (χ1) is 9.69. The van der Waals surface area contributed by atoms with Crippen molar-refractivity contribution >= 4 is 17.7 Å². The summed E-state index contributed by atoms with van der Waals surface area (Å²) in [5, 5.41) is 5.40. The van der Waals surface area contributed by atoms with E-state index in [0.29, 0.717) is 30.9 Å². The number of aryl methyl sites for hydroxylation is 1. The lowest BCUT2D eigenvalue weighted by Crippen LogP contribution is -2.34. The van der Waals surface area contributed by atoms with E-state index in [1.165, 1.54) is 0 Å². The molecule has 0 unspecified atom stereocenters. The van der Waals surface area contributed by atoms with Gasteiger partial charge in [0.05, 0.1) is 5.69 Å². The first-order valence-electron chi connectivity index (χ1n) is 6.86. The molecule has 1 rings (SSSR count). The molecule has 0 saturated carbocycles. The Labute approximate surface area is 124 Å². The summed E-state index contributed by atoms with van der Waals surface area (Å²) in [4.78, 5) is 23.3. The number of anilines is 1. The van der Waals surface area contributed by atoms with Crippen LogP contribution in [0.1, 0.15) is 37.7 Å². The molecule has 2 amide bonds. The zero-order valence-electron chi connectivity index (χ0n) is 13.0. The molecular formula is C14H24N4O3. The average molecular weight is 296 g/mol. The summed E-state index contributed by atoms with van der Waals surface area (Å²) >= 11 is 0. The fraction of sp³-hybridized carbons (Fsp3) is 0.571.